The minimum atomic E-state index is -3.63. The van der Waals surface area contributed by atoms with Crippen molar-refractivity contribution in [3.63, 3.8) is 0 Å². The second-order valence-corrected chi connectivity index (χ2v) is 6.51. The van der Waals surface area contributed by atoms with E-state index in [1.807, 2.05) is 30.3 Å². The fourth-order valence-electron chi connectivity index (χ4n) is 1.84. The predicted octanol–water partition coefficient (Wildman–Crippen LogP) is 0.537. The van der Waals surface area contributed by atoms with Crippen LogP contribution in [0.15, 0.2) is 30.3 Å². The topological polar surface area (TPSA) is 93.9 Å². The molecule has 0 aliphatic heterocycles. The van der Waals surface area contributed by atoms with Gasteiger partial charge in [-0.2, -0.15) is 12.7 Å². The summed E-state index contributed by atoms with van der Waals surface area (Å²) in [6.07, 6.45) is 0. The summed E-state index contributed by atoms with van der Waals surface area (Å²) in [6, 6.07) is 8.96. The van der Waals surface area contributed by atoms with Crippen LogP contribution in [0.3, 0.4) is 0 Å². The van der Waals surface area contributed by atoms with Crippen LogP contribution < -0.4 is 10.5 Å². The Labute approximate surface area is 144 Å². The molecule has 1 aromatic rings. The van der Waals surface area contributed by atoms with Gasteiger partial charge in [0, 0.05) is 39.9 Å². The summed E-state index contributed by atoms with van der Waals surface area (Å²) in [5, 5.41) is 0. The molecule has 0 aliphatic carbocycles. The van der Waals surface area contributed by atoms with E-state index in [1.165, 1.54) is 18.5 Å². The molecule has 1 atom stereocenters. The fourth-order valence-corrected chi connectivity index (χ4v) is 3.05. The van der Waals surface area contributed by atoms with Crippen LogP contribution >= 0.6 is 12.4 Å². The van der Waals surface area contributed by atoms with Gasteiger partial charge in [0.1, 0.15) is 0 Å². The molecule has 0 aliphatic rings. The molecule has 0 fully saturated rings. The highest BCUT2D eigenvalue weighted by Gasteiger charge is 2.22. The second-order valence-electron chi connectivity index (χ2n) is 4.76. The Bertz CT molecular complexity index is 508. The van der Waals surface area contributed by atoms with Crippen molar-refractivity contribution in [1.82, 2.24) is 9.03 Å². The van der Waals surface area contributed by atoms with Crippen molar-refractivity contribution >= 4 is 22.6 Å². The van der Waals surface area contributed by atoms with E-state index in [0.717, 1.165) is 5.56 Å². The van der Waals surface area contributed by atoms with Crippen LogP contribution in [0.5, 0.6) is 0 Å². The monoisotopic (exact) mass is 367 g/mol. The van der Waals surface area contributed by atoms with E-state index in [1.54, 1.807) is 0 Å². The Balaban J connectivity index is 0.00000484. The van der Waals surface area contributed by atoms with Gasteiger partial charge in [0.2, 0.25) is 0 Å². The highest BCUT2D eigenvalue weighted by atomic mass is 35.5. The maximum Gasteiger partial charge on any atom is 0.279 e. The van der Waals surface area contributed by atoms with E-state index >= 15 is 0 Å². The van der Waals surface area contributed by atoms with E-state index < -0.39 is 16.3 Å². The van der Waals surface area contributed by atoms with E-state index in [2.05, 4.69) is 4.72 Å². The third-order valence-electron chi connectivity index (χ3n) is 3.14. The summed E-state index contributed by atoms with van der Waals surface area (Å²) < 4.78 is 38.4. The quantitative estimate of drug-likeness (QED) is 0.595. The molecule has 1 unspecified atom stereocenters. The first-order valence-electron chi connectivity index (χ1n) is 7.04. The van der Waals surface area contributed by atoms with Crippen LogP contribution in [0, 0.1) is 0 Å². The molecule has 1 aromatic carbocycles. The predicted molar refractivity (Wildman–Crippen MR) is 92.9 cm³/mol. The maximum atomic E-state index is 12.3. The summed E-state index contributed by atoms with van der Waals surface area (Å²) in [6.45, 7) is 1.28. The average Bonchev–Trinajstić information content (AvgIpc) is 2.53. The number of nitrogens with one attached hydrogen (secondary N) is 1. The van der Waals surface area contributed by atoms with Gasteiger partial charge < -0.3 is 15.2 Å². The Hall–Kier alpha value is -0.740. The van der Waals surface area contributed by atoms with E-state index in [-0.39, 0.29) is 32.0 Å². The fraction of sp³-hybridized carbons (Fsp3) is 0.571. The zero-order chi connectivity index (χ0) is 16.4. The lowest BCUT2D eigenvalue weighted by Crippen LogP contribution is -2.45. The lowest BCUT2D eigenvalue weighted by atomic mass is 10.1. The van der Waals surface area contributed by atoms with Gasteiger partial charge in [-0.05, 0) is 5.56 Å². The van der Waals surface area contributed by atoms with Gasteiger partial charge >= 0.3 is 0 Å². The number of ether oxygens (including phenoxy) is 2. The molecule has 0 saturated heterocycles. The number of nitrogens with zero attached hydrogens (tertiary/aromatic N) is 1. The van der Waals surface area contributed by atoms with Crippen LogP contribution in [0.1, 0.15) is 11.6 Å². The molecular weight excluding hydrogens is 342 g/mol. The number of methoxy groups -OCH3 is 2. The van der Waals surface area contributed by atoms with Crippen molar-refractivity contribution in [3.8, 4) is 0 Å². The normalized spacial score (nSPS) is 12.9. The highest BCUT2D eigenvalue weighted by molar-refractivity contribution is 7.87. The molecule has 23 heavy (non-hydrogen) atoms. The summed E-state index contributed by atoms with van der Waals surface area (Å²) >= 11 is 0. The molecule has 1 rings (SSSR count). The minimum Gasteiger partial charge on any atom is -0.383 e. The summed E-state index contributed by atoms with van der Waals surface area (Å²) in [4.78, 5) is 0. The van der Waals surface area contributed by atoms with Crippen LogP contribution in [-0.4, -0.2) is 59.8 Å². The van der Waals surface area contributed by atoms with Gasteiger partial charge in [-0.3, -0.25) is 0 Å². The Morgan fingerprint density at radius 3 is 2.13 bits per heavy atom. The van der Waals surface area contributed by atoms with Crippen LogP contribution in [-0.2, 0) is 19.7 Å². The van der Waals surface area contributed by atoms with Gasteiger partial charge in [-0.1, -0.05) is 30.3 Å². The first kappa shape index (κ1) is 22.3. The zero-order valence-corrected chi connectivity index (χ0v) is 15.1. The molecule has 0 bridgehead atoms. The van der Waals surface area contributed by atoms with Gasteiger partial charge in [0.25, 0.3) is 10.2 Å². The Morgan fingerprint density at radius 1 is 1.13 bits per heavy atom. The molecular formula is C14H26ClN3O4S. The van der Waals surface area contributed by atoms with Gasteiger partial charge in [-0.15, -0.1) is 12.4 Å². The molecule has 0 spiro atoms. The third kappa shape index (κ3) is 8.07. The van der Waals surface area contributed by atoms with Crippen molar-refractivity contribution in [2.45, 2.75) is 6.04 Å². The Morgan fingerprint density at radius 2 is 1.65 bits per heavy atom. The van der Waals surface area contributed by atoms with Crippen molar-refractivity contribution in [2.75, 3.05) is 47.1 Å². The van der Waals surface area contributed by atoms with Gasteiger partial charge in [0.05, 0.1) is 13.2 Å². The van der Waals surface area contributed by atoms with Crippen LogP contribution in [0.2, 0.25) is 0 Å². The number of rotatable bonds is 11. The SMILES string of the molecule is COCCN(CCOC)S(=O)(=O)NCC(N)c1ccccc1.Cl. The lowest BCUT2D eigenvalue weighted by Gasteiger charge is -2.23. The molecule has 134 valence electrons. The largest absolute Gasteiger partial charge is 0.383 e. The van der Waals surface area contributed by atoms with E-state index in [9.17, 15) is 8.42 Å². The van der Waals surface area contributed by atoms with Crippen molar-refractivity contribution in [3.05, 3.63) is 35.9 Å². The summed E-state index contributed by atoms with van der Waals surface area (Å²) in [7, 11) is -0.571. The van der Waals surface area contributed by atoms with Gasteiger partial charge in [-0.25, -0.2) is 4.72 Å². The van der Waals surface area contributed by atoms with E-state index in [0.29, 0.717) is 13.2 Å². The number of hydrogen-bond donors (Lipinski definition) is 2. The molecule has 3 N–H and O–H groups in total. The van der Waals surface area contributed by atoms with Crippen molar-refractivity contribution in [2.24, 2.45) is 5.73 Å². The number of halogens is 1. The van der Waals surface area contributed by atoms with Crippen molar-refractivity contribution in [1.29, 1.82) is 0 Å². The molecule has 0 radical (unpaired) electrons. The molecule has 0 heterocycles. The third-order valence-corrected chi connectivity index (χ3v) is 4.72. The first-order chi connectivity index (χ1) is 10.5. The van der Waals surface area contributed by atoms with Crippen LogP contribution in [0.4, 0.5) is 0 Å². The first-order valence-corrected chi connectivity index (χ1v) is 8.48. The molecule has 0 aromatic heterocycles. The van der Waals surface area contributed by atoms with Crippen molar-refractivity contribution < 1.29 is 17.9 Å². The summed E-state index contributed by atoms with van der Waals surface area (Å²) in [5.41, 5.74) is 6.89. The molecule has 9 heteroatoms. The number of benzene rings is 1. The smallest absolute Gasteiger partial charge is 0.279 e. The zero-order valence-electron chi connectivity index (χ0n) is 13.5. The summed E-state index contributed by atoms with van der Waals surface area (Å²) in [5.74, 6) is 0. The minimum absolute atomic E-state index is 0. The van der Waals surface area contributed by atoms with Crippen LogP contribution in [0.25, 0.3) is 0 Å². The average molecular weight is 368 g/mol. The molecule has 0 amide bonds. The van der Waals surface area contributed by atoms with E-state index in [4.69, 9.17) is 15.2 Å². The number of hydrogen-bond acceptors (Lipinski definition) is 5. The Kier molecular flexibility index (Phi) is 11.4. The maximum absolute atomic E-state index is 12.3. The molecule has 0 saturated carbocycles. The lowest BCUT2D eigenvalue weighted by molar-refractivity contribution is 0.149. The van der Waals surface area contributed by atoms with Gasteiger partial charge in [0.15, 0.2) is 0 Å². The highest BCUT2D eigenvalue weighted by Crippen LogP contribution is 2.09. The number of nitrogens with two attached hydrogens (primary N) is 1. The standard InChI is InChI=1S/C14H25N3O4S.ClH/c1-20-10-8-17(9-11-21-2)22(18,19)16-12-14(15)13-6-4-3-5-7-13;/h3-7,14,16H,8-12,15H2,1-2H3;1H. The molecule has 7 nitrogen and oxygen atoms in total. The second kappa shape index (κ2) is 11.7.